The molecule has 0 atom stereocenters. The number of fused-ring (bicyclic) bond motifs is 1. The Morgan fingerprint density at radius 3 is 2.58 bits per heavy atom. The van der Waals surface area contributed by atoms with Gasteiger partial charge >= 0.3 is 11.4 Å². The van der Waals surface area contributed by atoms with Crippen molar-refractivity contribution in [3.8, 4) is 5.69 Å². The van der Waals surface area contributed by atoms with E-state index >= 15 is 0 Å². The molecule has 9 nitrogen and oxygen atoms in total. The van der Waals surface area contributed by atoms with Crippen LogP contribution < -0.4 is 16.7 Å². The summed E-state index contributed by atoms with van der Waals surface area (Å²) >= 11 is 6.38. The predicted octanol–water partition coefficient (Wildman–Crippen LogP) is 3.54. The lowest BCUT2D eigenvalue weighted by Crippen LogP contribution is -2.41. The molecule has 0 unspecified atom stereocenters. The van der Waals surface area contributed by atoms with Gasteiger partial charge in [0.05, 0.1) is 34.7 Å². The lowest BCUT2D eigenvalue weighted by Gasteiger charge is -2.16. The SMILES string of the molecule is Cn1cc2cc(Nc3nc(=O)n(-c4cccnc4)c(=O)n3Cc3cc(F)c(F)cc3F)c(Cl)cc2n1. The number of anilines is 2. The van der Waals surface area contributed by atoms with Crippen LogP contribution in [-0.2, 0) is 13.6 Å². The number of benzene rings is 2. The molecule has 36 heavy (non-hydrogen) atoms. The first-order valence-corrected chi connectivity index (χ1v) is 10.8. The third kappa shape index (κ3) is 4.22. The molecule has 5 aromatic rings. The summed E-state index contributed by atoms with van der Waals surface area (Å²) in [5, 5.41) is 8.00. The van der Waals surface area contributed by atoms with E-state index in [2.05, 4.69) is 20.4 Å². The van der Waals surface area contributed by atoms with E-state index < -0.39 is 35.4 Å². The molecule has 0 radical (unpaired) electrons. The highest BCUT2D eigenvalue weighted by atomic mass is 35.5. The fourth-order valence-electron chi connectivity index (χ4n) is 3.68. The van der Waals surface area contributed by atoms with E-state index in [1.807, 2.05) is 0 Å². The average molecular weight is 514 g/mol. The summed E-state index contributed by atoms with van der Waals surface area (Å²) in [6.07, 6.45) is 4.45. The Morgan fingerprint density at radius 2 is 1.83 bits per heavy atom. The van der Waals surface area contributed by atoms with Crippen molar-refractivity contribution in [2.24, 2.45) is 7.05 Å². The van der Waals surface area contributed by atoms with Gasteiger partial charge in [-0.3, -0.25) is 14.2 Å². The summed E-state index contributed by atoms with van der Waals surface area (Å²) in [7, 11) is 1.73. The Morgan fingerprint density at radius 1 is 1.06 bits per heavy atom. The molecule has 0 bridgehead atoms. The molecule has 1 N–H and O–H groups in total. The fraction of sp³-hybridized carbons (Fsp3) is 0.0870. The first kappa shape index (κ1) is 23.3. The predicted molar refractivity (Wildman–Crippen MR) is 126 cm³/mol. The highest BCUT2D eigenvalue weighted by molar-refractivity contribution is 6.34. The normalized spacial score (nSPS) is 11.2. The van der Waals surface area contributed by atoms with Crippen LogP contribution >= 0.6 is 11.6 Å². The van der Waals surface area contributed by atoms with Gasteiger partial charge < -0.3 is 5.32 Å². The lowest BCUT2D eigenvalue weighted by molar-refractivity contribution is 0.487. The Labute approximate surface area is 205 Å². The Balaban J connectivity index is 1.69. The minimum atomic E-state index is -1.38. The van der Waals surface area contributed by atoms with Gasteiger partial charge in [-0.25, -0.2) is 27.3 Å². The number of aryl methyl sites for hydroxylation is 1. The molecule has 3 heterocycles. The number of hydrogen-bond acceptors (Lipinski definition) is 6. The summed E-state index contributed by atoms with van der Waals surface area (Å²) < 4.78 is 45.0. The molecule has 0 spiro atoms. The maximum Gasteiger partial charge on any atom is 0.359 e. The van der Waals surface area contributed by atoms with Crippen molar-refractivity contribution >= 4 is 34.1 Å². The largest absolute Gasteiger partial charge is 0.359 e. The van der Waals surface area contributed by atoms with Crippen LogP contribution in [0.15, 0.2) is 64.6 Å². The zero-order valence-electron chi connectivity index (χ0n) is 18.4. The summed E-state index contributed by atoms with van der Waals surface area (Å²) in [6, 6.07) is 7.19. The molecule has 0 aliphatic rings. The van der Waals surface area contributed by atoms with Crippen molar-refractivity contribution in [3.63, 3.8) is 0 Å². The molecule has 0 amide bonds. The van der Waals surface area contributed by atoms with Crippen molar-refractivity contribution in [1.82, 2.24) is 28.9 Å². The second kappa shape index (κ2) is 8.96. The van der Waals surface area contributed by atoms with Gasteiger partial charge in [0.2, 0.25) is 5.95 Å². The lowest BCUT2D eigenvalue weighted by atomic mass is 10.2. The Hall–Kier alpha value is -4.45. The molecule has 182 valence electrons. The second-order valence-electron chi connectivity index (χ2n) is 7.81. The van der Waals surface area contributed by atoms with Crippen LogP contribution in [0.3, 0.4) is 0 Å². The van der Waals surface area contributed by atoms with Gasteiger partial charge in [0.15, 0.2) is 11.6 Å². The Bertz CT molecular complexity index is 1750. The number of rotatable bonds is 5. The fourth-order valence-corrected chi connectivity index (χ4v) is 3.89. The zero-order chi connectivity index (χ0) is 25.6. The highest BCUT2D eigenvalue weighted by Gasteiger charge is 2.19. The summed E-state index contributed by atoms with van der Waals surface area (Å²) in [6.45, 7) is -0.579. The molecule has 5 rings (SSSR count). The highest BCUT2D eigenvalue weighted by Crippen LogP contribution is 2.29. The van der Waals surface area contributed by atoms with Crippen LogP contribution in [0.25, 0.3) is 16.6 Å². The van der Waals surface area contributed by atoms with Gasteiger partial charge in [-0.1, -0.05) is 11.6 Å². The molecular formula is C23H15ClF3N7O2. The maximum absolute atomic E-state index is 14.5. The first-order valence-electron chi connectivity index (χ1n) is 10.4. The number of pyridine rings is 1. The van der Waals surface area contributed by atoms with Crippen LogP contribution in [0, 0.1) is 17.5 Å². The van der Waals surface area contributed by atoms with Crippen LogP contribution in [0.2, 0.25) is 5.02 Å². The number of aromatic nitrogens is 6. The van der Waals surface area contributed by atoms with Crippen molar-refractivity contribution in [3.05, 3.63) is 104 Å². The molecule has 0 aliphatic carbocycles. The maximum atomic E-state index is 14.5. The average Bonchev–Trinajstić information content (AvgIpc) is 3.19. The van der Waals surface area contributed by atoms with Crippen LogP contribution in [-0.4, -0.2) is 28.9 Å². The molecule has 0 aliphatic heterocycles. The first-order chi connectivity index (χ1) is 17.2. The van der Waals surface area contributed by atoms with Crippen molar-refractivity contribution in [2.45, 2.75) is 6.54 Å². The van der Waals surface area contributed by atoms with Gasteiger partial charge in [-0.15, -0.1) is 0 Å². The van der Waals surface area contributed by atoms with Crippen LogP contribution in [0.4, 0.5) is 24.8 Å². The number of nitrogens with one attached hydrogen (secondary N) is 1. The molecule has 0 saturated heterocycles. The topological polar surface area (TPSA) is 99.6 Å². The Kier molecular flexibility index (Phi) is 5.80. The number of halogens is 4. The molecule has 3 aromatic heterocycles. The van der Waals surface area contributed by atoms with Gasteiger partial charge in [0.25, 0.3) is 0 Å². The van der Waals surface area contributed by atoms with Gasteiger partial charge in [0, 0.05) is 36.5 Å². The molecule has 2 aromatic carbocycles. The zero-order valence-corrected chi connectivity index (χ0v) is 19.2. The molecule has 13 heteroatoms. The van der Waals surface area contributed by atoms with E-state index in [9.17, 15) is 22.8 Å². The van der Waals surface area contributed by atoms with Crippen molar-refractivity contribution in [2.75, 3.05) is 5.32 Å². The third-order valence-electron chi connectivity index (χ3n) is 5.35. The summed E-state index contributed by atoms with van der Waals surface area (Å²) in [5.74, 6) is -4.05. The van der Waals surface area contributed by atoms with Gasteiger partial charge in [-0.2, -0.15) is 10.1 Å². The van der Waals surface area contributed by atoms with E-state index in [1.54, 1.807) is 30.1 Å². The number of nitrogens with zero attached hydrogens (tertiary/aromatic N) is 6. The molecular weight excluding hydrogens is 499 g/mol. The van der Waals surface area contributed by atoms with Gasteiger partial charge in [0.1, 0.15) is 5.82 Å². The second-order valence-corrected chi connectivity index (χ2v) is 8.22. The third-order valence-corrected chi connectivity index (χ3v) is 5.66. The standard InChI is InChI=1S/C23H15ClF3N7O2/c1-32-10-13-6-20(15(24)7-19(13)31-32)29-21-30-22(35)34(14-3-2-4-28-9-14)23(36)33(21)11-12-5-17(26)18(27)8-16(12)25/h2-10H,11H2,1H3,(H,29,30,35). The summed E-state index contributed by atoms with van der Waals surface area (Å²) in [5.41, 5.74) is -1.22. The van der Waals surface area contributed by atoms with Crippen molar-refractivity contribution in [1.29, 1.82) is 0 Å². The van der Waals surface area contributed by atoms with Gasteiger partial charge in [-0.05, 0) is 30.3 Å². The smallest absolute Gasteiger partial charge is 0.324 e. The van der Waals surface area contributed by atoms with Crippen molar-refractivity contribution < 1.29 is 13.2 Å². The summed E-state index contributed by atoms with van der Waals surface area (Å²) in [4.78, 5) is 34.2. The number of hydrogen-bond donors (Lipinski definition) is 1. The van der Waals surface area contributed by atoms with E-state index in [0.29, 0.717) is 23.0 Å². The minimum absolute atomic E-state index is 0.112. The quantitative estimate of drug-likeness (QED) is 0.361. The van der Waals surface area contributed by atoms with Crippen LogP contribution in [0.1, 0.15) is 5.56 Å². The van der Waals surface area contributed by atoms with Crippen LogP contribution in [0.5, 0.6) is 0 Å². The minimum Gasteiger partial charge on any atom is -0.324 e. The van der Waals surface area contributed by atoms with E-state index in [1.165, 1.54) is 24.5 Å². The van der Waals surface area contributed by atoms with E-state index in [-0.39, 0.29) is 27.9 Å². The van der Waals surface area contributed by atoms with E-state index in [0.717, 1.165) is 9.13 Å². The van der Waals surface area contributed by atoms with E-state index in [4.69, 9.17) is 11.6 Å². The molecule has 0 saturated carbocycles. The monoisotopic (exact) mass is 513 g/mol. The molecule has 0 fully saturated rings.